The first-order valence-electron chi connectivity index (χ1n) is 5.37. The third-order valence-electron chi connectivity index (χ3n) is 2.37. The standard InChI is InChI=1S/C8H8O2.C4H10N2O/c1-10-8(9)7-5-3-2-4-6-7;5-3-1-7-2-4(3)6/h2-6H,1H3;3-4H,1-2,5-6H2. The Bertz CT molecular complexity index is 335. The molecule has 1 aromatic rings. The van der Waals surface area contributed by atoms with Gasteiger partial charge >= 0.3 is 5.97 Å². The molecule has 5 nitrogen and oxygen atoms in total. The lowest BCUT2D eigenvalue weighted by Crippen LogP contribution is -2.39. The highest BCUT2D eigenvalue weighted by atomic mass is 16.5. The third-order valence-corrected chi connectivity index (χ3v) is 2.37. The van der Waals surface area contributed by atoms with Crippen molar-refractivity contribution in [3.8, 4) is 0 Å². The van der Waals surface area contributed by atoms with Crippen LogP contribution < -0.4 is 11.5 Å². The van der Waals surface area contributed by atoms with Crippen molar-refractivity contribution < 1.29 is 14.3 Å². The zero-order valence-corrected chi connectivity index (χ0v) is 9.84. The second-order valence-corrected chi connectivity index (χ2v) is 3.72. The number of esters is 1. The molecule has 0 bridgehead atoms. The van der Waals surface area contributed by atoms with Crippen molar-refractivity contribution in [3.05, 3.63) is 35.9 Å². The van der Waals surface area contributed by atoms with Gasteiger partial charge in [0.25, 0.3) is 0 Å². The number of carbonyl (C=O) groups is 1. The number of nitrogens with two attached hydrogens (primary N) is 2. The smallest absolute Gasteiger partial charge is 0.337 e. The molecule has 1 aromatic carbocycles. The first-order valence-corrected chi connectivity index (χ1v) is 5.37. The van der Waals surface area contributed by atoms with Gasteiger partial charge in [0.1, 0.15) is 0 Å². The van der Waals surface area contributed by atoms with Crippen LogP contribution in [0, 0.1) is 0 Å². The Morgan fingerprint density at radius 2 is 1.76 bits per heavy atom. The van der Waals surface area contributed by atoms with Crippen molar-refractivity contribution in [1.82, 2.24) is 0 Å². The molecule has 1 fully saturated rings. The van der Waals surface area contributed by atoms with Crippen LogP contribution in [-0.2, 0) is 9.47 Å². The normalized spacial score (nSPS) is 22.5. The molecule has 0 saturated carbocycles. The van der Waals surface area contributed by atoms with Crippen LogP contribution in [0.4, 0.5) is 0 Å². The Labute approximate surface area is 101 Å². The fraction of sp³-hybridized carbons (Fsp3) is 0.417. The van der Waals surface area contributed by atoms with Crippen LogP contribution in [0.25, 0.3) is 0 Å². The van der Waals surface area contributed by atoms with Gasteiger partial charge in [-0.3, -0.25) is 0 Å². The fourth-order valence-corrected chi connectivity index (χ4v) is 1.28. The van der Waals surface area contributed by atoms with Crippen LogP contribution in [-0.4, -0.2) is 38.4 Å². The summed E-state index contributed by atoms with van der Waals surface area (Å²) in [6.07, 6.45) is 0. The molecule has 1 heterocycles. The lowest BCUT2D eigenvalue weighted by Gasteiger charge is -2.02. The molecule has 5 heteroatoms. The van der Waals surface area contributed by atoms with E-state index in [4.69, 9.17) is 16.2 Å². The Hall–Kier alpha value is -1.43. The number of methoxy groups -OCH3 is 1. The molecule has 1 aliphatic rings. The van der Waals surface area contributed by atoms with E-state index >= 15 is 0 Å². The van der Waals surface area contributed by atoms with Crippen LogP contribution >= 0.6 is 0 Å². The number of rotatable bonds is 1. The summed E-state index contributed by atoms with van der Waals surface area (Å²) in [5.41, 5.74) is 11.4. The molecule has 1 saturated heterocycles. The summed E-state index contributed by atoms with van der Waals surface area (Å²) in [6.45, 7) is 1.25. The van der Waals surface area contributed by atoms with Gasteiger partial charge in [-0.25, -0.2) is 4.79 Å². The molecule has 94 valence electrons. The molecule has 2 rings (SSSR count). The molecular formula is C12H18N2O3. The average Bonchev–Trinajstić information content (AvgIpc) is 2.75. The van der Waals surface area contributed by atoms with E-state index < -0.39 is 0 Å². The van der Waals surface area contributed by atoms with Gasteiger partial charge in [-0.15, -0.1) is 0 Å². The highest BCUT2D eigenvalue weighted by Crippen LogP contribution is 1.99. The lowest BCUT2D eigenvalue weighted by atomic mass is 10.2. The summed E-state index contributed by atoms with van der Waals surface area (Å²) >= 11 is 0. The summed E-state index contributed by atoms with van der Waals surface area (Å²) in [5, 5.41) is 0. The van der Waals surface area contributed by atoms with Gasteiger partial charge in [-0.2, -0.15) is 0 Å². The van der Waals surface area contributed by atoms with Gasteiger partial charge in [0.15, 0.2) is 0 Å². The zero-order chi connectivity index (χ0) is 12.7. The molecule has 4 N–H and O–H groups in total. The van der Waals surface area contributed by atoms with E-state index in [1.54, 1.807) is 24.3 Å². The van der Waals surface area contributed by atoms with E-state index in [1.807, 2.05) is 6.07 Å². The highest BCUT2D eigenvalue weighted by Gasteiger charge is 2.19. The van der Waals surface area contributed by atoms with Gasteiger partial charge in [0, 0.05) is 12.1 Å². The van der Waals surface area contributed by atoms with Gasteiger partial charge < -0.3 is 20.9 Å². The number of carbonyl (C=O) groups excluding carboxylic acids is 1. The molecule has 0 aliphatic carbocycles. The van der Waals surface area contributed by atoms with Crippen LogP contribution in [0.3, 0.4) is 0 Å². The molecule has 0 amide bonds. The Balaban J connectivity index is 0.000000181. The summed E-state index contributed by atoms with van der Waals surface area (Å²) in [5.74, 6) is -0.291. The quantitative estimate of drug-likeness (QED) is 0.680. The number of hydrogen-bond acceptors (Lipinski definition) is 5. The molecule has 0 spiro atoms. The van der Waals surface area contributed by atoms with E-state index in [-0.39, 0.29) is 18.1 Å². The van der Waals surface area contributed by atoms with Gasteiger partial charge in [-0.05, 0) is 12.1 Å². The predicted octanol–water partition coefficient (Wildman–Crippen LogP) is 0.144. The first kappa shape index (κ1) is 13.6. The summed E-state index contributed by atoms with van der Waals surface area (Å²) in [4.78, 5) is 10.8. The van der Waals surface area contributed by atoms with Crippen LogP contribution in [0.1, 0.15) is 10.4 Å². The predicted molar refractivity (Wildman–Crippen MR) is 64.6 cm³/mol. The lowest BCUT2D eigenvalue weighted by molar-refractivity contribution is 0.0600. The van der Waals surface area contributed by atoms with E-state index in [2.05, 4.69) is 4.74 Å². The summed E-state index contributed by atoms with van der Waals surface area (Å²) in [6, 6.07) is 9.02. The van der Waals surface area contributed by atoms with Crippen molar-refractivity contribution in [2.75, 3.05) is 20.3 Å². The summed E-state index contributed by atoms with van der Waals surface area (Å²) < 4.78 is 9.42. The Morgan fingerprint density at radius 3 is 2.12 bits per heavy atom. The molecule has 0 radical (unpaired) electrons. The Kier molecular flexibility index (Phi) is 5.62. The second kappa shape index (κ2) is 7.01. The molecular weight excluding hydrogens is 220 g/mol. The molecule has 17 heavy (non-hydrogen) atoms. The average molecular weight is 238 g/mol. The monoisotopic (exact) mass is 238 g/mol. The summed E-state index contributed by atoms with van der Waals surface area (Å²) in [7, 11) is 1.37. The molecule has 2 atom stereocenters. The topological polar surface area (TPSA) is 87.6 Å². The van der Waals surface area contributed by atoms with Gasteiger partial charge in [0.05, 0.1) is 25.9 Å². The molecule has 0 aromatic heterocycles. The maximum atomic E-state index is 10.8. The van der Waals surface area contributed by atoms with E-state index in [0.717, 1.165) is 0 Å². The van der Waals surface area contributed by atoms with E-state index in [1.165, 1.54) is 7.11 Å². The van der Waals surface area contributed by atoms with Gasteiger partial charge in [0.2, 0.25) is 0 Å². The van der Waals surface area contributed by atoms with Crippen molar-refractivity contribution in [2.24, 2.45) is 11.5 Å². The minimum absolute atomic E-state index is 0.0694. The number of benzene rings is 1. The van der Waals surface area contributed by atoms with Crippen LogP contribution in [0.15, 0.2) is 30.3 Å². The Morgan fingerprint density at radius 1 is 1.24 bits per heavy atom. The van der Waals surface area contributed by atoms with E-state index in [9.17, 15) is 4.79 Å². The van der Waals surface area contributed by atoms with Crippen molar-refractivity contribution >= 4 is 5.97 Å². The largest absolute Gasteiger partial charge is 0.465 e. The zero-order valence-electron chi connectivity index (χ0n) is 9.84. The van der Waals surface area contributed by atoms with Crippen molar-refractivity contribution in [1.29, 1.82) is 0 Å². The van der Waals surface area contributed by atoms with Crippen LogP contribution in [0.2, 0.25) is 0 Å². The maximum Gasteiger partial charge on any atom is 0.337 e. The van der Waals surface area contributed by atoms with E-state index in [0.29, 0.717) is 18.8 Å². The van der Waals surface area contributed by atoms with Crippen molar-refractivity contribution in [3.63, 3.8) is 0 Å². The fourth-order valence-electron chi connectivity index (χ4n) is 1.28. The molecule has 2 unspecified atom stereocenters. The van der Waals surface area contributed by atoms with Gasteiger partial charge in [-0.1, -0.05) is 18.2 Å². The third kappa shape index (κ3) is 4.52. The number of hydrogen-bond donors (Lipinski definition) is 2. The van der Waals surface area contributed by atoms with Crippen LogP contribution in [0.5, 0.6) is 0 Å². The first-order chi connectivity index (χ1) is 8.15. The SMILES string of the molecule is COC(=O)c1ccccc1.NC1COCC1N. The maximum absolute atomic E-state index is 10.8. The van der Waals surface area contributed by atoms with Crippen molar-refractivity contribution in [2.45, 2.75) is 12.1 Å². The highest BCUT2D eigenvalue weighted by molar-refractivity contribution is 5.89. The minimum Gasteiger partial charge on any atom is -0.465 e. The number of ether oxygens (including phenoxy) is 2. The minimum atomic E-state index is -0.291. The molecule has 1 aliphatic heterocycles. The second-order valence-electron chi connectivity index (χ2n) is 3.72.